The van der Waals surface area contributed by atoms with Crippen LogP contribution in [0.1, 0.15) is 41.3 Å². The van der Waals surface area contributed by atoms with Gasteiger partial charge in [-0.25, -0.2) is 17.9 Å². The van der Waals surface area contributed by atoms with Crippen LogP contribution in [0.3, 0.4) is 0 Å². The molecule has 0 bridgehead atoms. The first kappa shape index (κ1) is 24.6. The number of hydrogen-bond donors (Lipinski definition) is 1. The molecule has 1 aliphatic carbocycles. The Hall–Kier alpha value is -3.49. The maximum absolute atomic E-state index is 13.3. The van der Waals surface area contributed by atoms with Crippen molar-refractivity contribution in [3.8, 4) is 0 Å². The van der Waals surface area contributed by atoms with Crippen LogP contribution >= 0.6 is 0 Å². The summed E-state index contributed by atoms with van der Waals surface area (Å²) in [4.78, 5) is 27.8. The molecule has 0 heterocycles. The Bertz CT molecular complexity index is 1230. The molecule has 3 aromatic carbocycles. The number of carbonyl (C=O) groups excluding carboxylic acids is 2. The van der Waals surface area contributed by atoms with E-state index in [0.717, 1.165) is 24.0 Å². The fraction of sp³-hybridized carbons (Fsp3) is 0.259. The summed E-state index contributed by atoms with van der Waals surface area (Å²) in [7, 11) is -3.71. The van der Waals surface area contributed by atoms with Crippen LogP contribution in [-0.4, -0.2) is 37.3 Å². The van der Waals surface area contributed by atoms with Gasteiger partial charge in [-0.2, -0.15) is 0 Å². The van der Waals surface area contributed by atoms with E-state index in [-0.39, 0.29) is 22.4 Å². The summed E-state index contributed by atoms with van der Waals surface area (Å²) in [5.74, 6) is -1.10. The highest BCUT2D eigenvalue weighted by Gasteiger charge is 2.29. The third kappa shape index (κ3) is 6.77. The molecule has 0 spiro atoms. The average Bonchev–Trinajstić information content (AvgIpc) is 3.68. The number of ether oxygens (including phenoxy) is 1. The summed E-state index contributed by atoms with van der Waals surface area (Å²) in [6.07, 6.45) is 0.561. The Balaban J connectivity index is 1.47. The Morgan fingerprint density at radius 1 is 0.914 bits per heavy atom. The monoisotopic (exact) mass is 492 g/mol. The number of amides is 1. The second-order valence-electron chi connectivity index (χ2n) is 8.64. The van der Waals surface area contributed by atoms with Gasteiger partial charge in [-0.15, -0.1) is 0 Å². The van der Waals surface area contributed by atoms with E-state index in [1.54, 1.807) is 4.90 Å². The molecule has 7 nitrogen and oxygen atoms in total. The van der Waals surface area contributed by atoms with E-state index in [0.29, 0.717) is 13.1 Å². The summed E-state index contributed by atoms with van der Waals surface area (Å²) in [5, 5.41) is 0. The average molecular weight is 493 g/mol. The van der Waals surface area contributed by atoms with Crippen molar-refractivity contribution in [1.82, 2.24) is 9.62 Å². The first-order valence-corrected chi connectivity index (χ1v) is 13.0. The molecule has 1 fully saturated rings. The number of nitrogens with one attached hydrogen (secondary N) is 1. The smallest absolute Gasteiger partial charge is 0.338 e. The van der Waals surface area contributed by atoms with Crippen molar-refractivity contribution in [2.45, 2.75) is 49.9 Å². The molecule has 1 amide bonds. The van der Waals surface area contributed by atoms with Gasteiger partial charge in [-0.05, 0) is 49.1 Å². The predicted octanol–water partition coefficient (Wildman–Crippen LogP) is 3.90. The molecule has 1 atom stereocenters. The lowest BCUT2D eigenvalue weighted by Gasteiger charge is -2.26. The molecular weight excluding hydrogens is 464 g/mol. The van der Waals surface area contributed by atoms with Gasteiger partial charge >= 0.3 is 5.97 Å². The number of carbonyl (C=O) groups is 2. The first-order chi connectivity index (χ1) is 16.8. The van der Waals surface area contributed by atoms with Crippen LogP contribution in [0.2, 0.25) is 0 Å². The molecular formula is C27H28N2O5S. The zero-order valence-electron chi connectivity index (χ0n) is 19.5. The standard InChI is InChI=1S/C27H28N2O5S/c1-20(34-27(31)23-13-8-14-25(17-23)35(32,33)28-24-15-16-24)26(30)29(18-21-9-4-2-5-10-21)19-22-11-6-3-7-12-22/h2-14,17,20,24,28H,15-16,18-19H2,1H3. The molecule has 3 aromatic rings. The molecule has 35 heavy (non-hydrogen) atoms. The maximum Gasteiger partial charge on any atom is 0.338 e. The normalized spacial score (nSPS) is 14.2. The minimum absolute atomic E-state index is 0.00684. The van der Waals surface area contributed by atoms with Crippen LogP contribution in [0.25, 0.3) is 0 Å². The van der Waals surface area contributed by atoms with Gasteiger partial charge in [0.25, 0.3) is 5.91 Å². The van der Waals surface area contributed by atoms with E-state index in [2.05, 4.69) is 4.72 Å². The molecule has 1 saturated carbocycles. The number of nitrogens with zero attached hydrogens (tertiary/aromatic N) is 1. The third-order valence-electron chi connectivity index (χ3n) is 5.65. The van der Waals surface area contributed by atoms with Gasteiger partial charge in [0.05, 0.1) is 10.5 Å². The van der Waals surface area contributed by atoms with Gasteiger partial charge in [-0.3, -0.25) is 4.79 Å². The molecule has 0 radical (unpaired) electrons. The lowest BCUT2D eigenvalue weighted by atomic mass is 10.1. The van der Waals surface area contributed by atoms with Gasteiger partial charge in [-0.1, -0.05) is 66.7 Å². The lowest BCUT2D eigenvalue weighted by Crippen LogP contribution is -2.39. The van der Waals surface area contributed by atoms with Crippen molar-refractivity contribution >= 4 is 21.9 Å². The van der Waals surface area contributed by atoms with Crippen molar-refractivity contribution in [3.05, 3.63) is 102 Å². The Morgan fingerprint density at radius 2 is 1.49 bits per heavy atom. The second kappa shape index (κ2) is 10.8. The molecule has 0 aromatic heterocycles. The van der Waals surface area contributed by atoms with Gasteiger partial charge in [0, 0.05) is 19.1 Å². The Kier molecular flexibility index (Phi) is 7.63. The van der Waals surface area contributed by atoms with E-state index in [1.807, 2.05) is 60.7 Å². The van der Waals surface area contributed by atoms with Gasteiger partial charge in [0.15, 0.2) is 6.10 Å². The van der Waals surface area contributed by atoms with Crippen molar-refractivity contribution in [1.29, 1.82) is 0 Å². The highest BCUT2D eigenvalue weighted by molar-refractivity contribution is 7.89. The van der Waals surface area contributed by atoms with Crippen LogP contribution in [0.5, 0.6) is 0 Å². The SMILES string of the molecule is CC(OC(=O)c1cccc(S(=O)(=O)NC2CC2)c1)C(=O)N(Cc1ccccc1)Cc1ccccc1. The van der Waals surface area contributed by atoms with Crippen LogP contribution in [0.4, 0.5) is 0 Å². The first-order valence-electron chi connectivity index (χ1n) is 11.5. The topological polar surface area (TPSA) is 92.8 Å². The lowest BCUT2D eigenvalue weighted by molar-refractivity contribution is -0.141. The molecule has 0 aliphatic heterocycles. The van der Waals surface area contributed by atoms with E-state index >= 15 is 0 Å². The van der Waals surface area contributed by atoms with Crippen LogP contribution in [0.15, 0.2) is 89.8 Å². The van der Waals surface area contributed by atoms with Crippen molar-refractivity contribution < 1.29 is 22.7 Å². The van der Waals surface area contributed by atoms with Gasteiger partial charge in [0.2, 0.25) is 10.0 Å². The highest BCUT2D eigenvalue weighted by atomic mass is 32.2. The van der Waals surface area contributed by atoms with Crippen molar-refractivity contribution in [2.24, 2.45) is 0 Å². The van der Waals surface area contributed by atoms with Crippen LogP contribution in [-0.2, 0) is 32.6 Å². The molecule has 182 valence electrons. The minimum Gasteiger partial charge on any atom is -0.449 e. The molecule has 4 rings (SSSR count). The minimum atomic E-state index is -3.71. The number of sulfonamides is 1. The summed E-state index contributed by atoms with van der Waals surface area (Å²) in [6, 6.07) is 24.8. The van der Waals surface area contributed by atoms with Gasteiger partial charge in [0.1, 0.15) is 0 Å². The number of esters is 1. The summed E-state index contributed by atoms with van der Waals surface area (Å²) >= 11 is 0. The fourth-order valence-electron chi connectivity index (χ4n) is 3.63. The van der Waals surface area contributed by atoms with Crippen LogP contribution < -0.4 is 4.72 Å². The van der Waals surface area contributed by atoms with E-state index < -0.39 is 22.1 Å². The Labute approximate surface area is 205 Å². The zero-order valence-corrected chi connectivity index (χ0v) is 20.3. The number of benzene rings is 3. The molecule has 1 aliphatic rings. The summed E-state index contributed by atoms with van der Waals surface area (Å²) in [6.45, 7) is 2.24. The summed E-state index contributed by atoms with van der Waals surface area (Å²) < 4.78 is 33.1. The fourth-order valence-corrected chi connectivity index (χ4v) is 4.98. The quantitative estimate of drug-likeness (QED) is 0.434. The second-order valence-corrected chi connectivity index (χ2v) is 10.4. The highest BCUT2D eigenvalue weighted by Crippen LogP contribution is 2.23. The van der Waals surface area contributed by atoms with Crippen molar-refractivity contribution in [2.75, 3.05) is 0 Å². The largest absolute Gasteiger partial charge is 0.449 e. The molecule has 1 N–H and O–H groups in total. The number of rotatable bonds is 10. The predicted molar refractivity (Wildman–Crippen MR) is 132 cm³/mol. The van der Waals surface area contributed by atoms with Crippen molar-refractivity contribution in [3.63, 3.8) is 0 Å². The third-order valence-corrected chi connectivity index (χ3v) is 7.17. The van der Waals surface area contributed by atoms with E-state index in [9.17, 15) is 18.0 Å². The summed E-state index contributed by atoms with van der Waals surface area (Å²) in [5.41, 5.74) is 1.98. The van der Waals surface area contributed by atoms with E-state index in [4.69, 9.17) is 4.74 Å². The molecule has 8 heteroatoms. The zero-order chi connectivity index (χ0) is 24.8. The van der Waals surface area contributed by atoms with E-state index in [1.165, 1.54) is 31.2 Å². The van der Waals surface area contributed by atoms with Crippen LogP contribution in [0, 0.1) is 0 Å². The molecule has 1 unspecified atom stereocenters. The Morgan fingerprint density at radius 3 is 2.03 bits per heavy atom. The maximum atomic E-state index is 13.3. The van der Waals surface area contributed by atoms with Gasteiger partial charge < -0.3 is 9.64 Å². The molecule has 0 saturated heterocycles. The number of hydrogen-bond acceptors (Lipinski definition) is 5.